The zero-order valence-corrected chi connectivity index (χ0v) is 25.6. The van der Waals surface area contributed by atoms with Crippen LogP contribution in [-0.4, -0.2) is 27.9 Å². The summed E-state index contributed by atoms with van der Waals surface area (Å²) in [6.07, 6.45) is 20.0. The fourth-order valence-electron chi connectivity index (χ4n) is 4.99. The summed E-state index contributed by atoms with van der Waals surface area (Å²) in [5.74, 6) is 0. The van der Waals surface area contributed by atoms with Gasteiger partial charge in [-0.25, -0.2) is 0 Å². The molecule has 3 aliphatic carbocycles. The van der Waals surface area contributed by atoms with Gasteiger partial charge in [0.25, 0.3) is 0 Å². The molecule has 3 aliphatic rings. The molecule has 0 spiro atoms. The van der Waals surface area contributed by atoms with Crippen LogP contribution in [0, 0.1) is 0 Å². The Bertz CT molecular complexity index is 805. The van der Waals surface area contributed by atoms with Gasteiger partial charge < -0.3 is 27.0 Å². The predicted octanol–water partition coefficient (Wildman–Crippen LogP) is 7.15. The molecule has 0 bridgehead atoms. The normalized spacial score (nSPS) is 19.4. The van der Waals surface area contributed by atoms with Gasteiger partial charge in [0.2, 0.25) is 5.69 Å². The summed E-state index contributed by atoms with van der Waals surface area (Å²) in [6.45, 7) is 0. The van der Waals surface area contributed by atoms with Crippen molar-refractivity contribution in [2.75, 3.05) is 0 Å². The molecule has 0 heterocycles. The van der Waals surface area contributed by atoms with Crippen LogP contribution >= 0.6 is 16.2 Å². The Morgan fingerprint density at radius 1 is 0.526 bits per heavy atom. The van der Waals surface area contributed by atoms with Crippen LogP contribution in [0.1, 0.15) is 96.3 Å². The van der Waals surface area contributed by atoms with Crippen LogP contribution in [0.3, 0.4) is 0 Å². The Kier molecular flexibility index (Phi) is 17.0. The molecule has 2 aromatic rings. The van der Waals surface area contributed by atoms with Gasteiger partial charge in [0.15, 0.2) is 0 Å². The van der Waals surface area contributed by atoms with Crippen molar-refractivity contribution in [2.24, 2.45) is 17.2 Å². The van der Waals surface area contributed by atoms with Gasteiger partial charge in [-0.2, -0.15) is 0 Å². The molecule has 0 saturated heterocycles. The first-order valence-electron chi connectivity index (χ1n) is 14.5. The topological polar surface area (TPSA) is 119 Å². The van der Waals surface area contributed by atoms with Crippen LogP contribution in [0.5, 0.6) is 0 Å². The van der Waals surface area contributed by atoms with E-state index < -0.39 is 16.2 Å². The average molecular weight is 582 g/mol. The van der Waals surface area contributed by atoms with Crippen LogP contribution in [0.2, 0.25) is 0 Å². The van der Waals surface area contributed by atoms with E-state index in [0.29, 0.717) is 18.1 Å². The lowest BCUT2D eigenvalue weighted by molar-refractivity contribution is 0.441. The molecule has 0 aliphatic heterocycles. The zero-order valence-electron chi connectivity index (χ0n) is 23.0. The van der Waals surface area contributed by atoms with E-state index in [1.54, 1.807) is 0 Å². The summed E-state index contributed by atoms with van der Waals surface area (Å²) < 4.78 is 0. The second-order valence-electron chi connectivity index (χ2n) is 10.7. The molecular formula is C30H52N3O2PS2. The van der Waals surface area contributed by atoms with Crippen LogP contribution in [0.15, 0.2) is 70.5 Å². The molecule has 3 saturated carbocycles. The van der Waals surface area contributed by atoms with Crippen molar-refractivity contribution in [3.05, 3.63) is 60.7 Å². The summed E-state index contributed by atoms with van der Waals surface area (Å²) >= 11 is 4.92. The monoisotopic (exact) mass is 581 g/mol. The highest BCUT2D eigenvalue weighted by Gasteiger charge is 2.23. The van der Waals surface area contributed by atoms with E-state index in [-0.39, 0.29) is 0 Å². The summed E-state index contributed by atoms with van der Waals surface area (Å²) in [7, 11) is -1.25. The van der Waals surface area contributed by atoms with E-state index in [2.05, 4.69) is 0 Å². The fraction of sp³-hybridized carbons (Fsp3) is 0.600. The van der Waals surface area contributed by atoms with Crippen molar-refractivity contribution in [1.82, 2.24) is 0 Å². The van der Waals surface area contributed by atoms with Crippen LogP contribution in [0.25, 0.3) is 0 Å². The van der Waals surface area contributed by atoms with Gasteiger partial charge in [-0.1, -0.05) is 94.2 Å². The molecular weight excluding hydrogens is 529 g/mol. The first-order valence-corrected chi connectivity index (χ1v) is 19.3. The summed E-state index contributed by atoms with van der Waals surface area (Å²) in [6, 6.07) is 20.5. The minimum Gasteiger partial charge on any atom is -0.338 e. The van der Waals surface area contributed by atoms with Crippen molar-refractivity contribution in [1.29, 1.82) is 0 Å². The lowest BCUT2D eigenvalue weighted by atomic mass is 9.97. The molecule has 8 N–H and O–H groups in total. The minimum absolute atomic E-state index is 0.536. The van der Waals surface area contributed by atoms with Gasteiger partial charge in [-0.15, -0.1) is 10.5 Å². The smallest absolute Gasteiger partial charge is 0.230 e. The van der Waals surface area contributed by atoms with E-state index >= 15 is 0 Å². The maximum atomic E-state index is 9.89. The highest BCUT2D eigenvalue weighted by atomic mass is 32.9. The number of rotatable bonds is 3. The van der Waals surface area contributed by atoms with E-state index in [1.807, 2.05) is 60.7 Å². The van der Waals surface area contributed by atoms with Crippen molar-refractivity contribution in [3.63, 3.8) is 0 Å². The molecule has 0 radical (unpaired) electrons. The van der Waals surface area contributed by atoms with Crippen molar-refractivity contribution in [3.8, 4) is 0 Å². The van der Waals surface area contributed by atoms with Gasteiger partial charge in [0.1, 0.15) is 0 Å². The molecule has 0 aromatic heterocycles. The van der Waals surface area contributed by atoms with Crippen molar-refractivity contribution < 1.29 is 9.79 Å². The van der Waals surface area contributed by atoms with Gasteiger partial charge >= 0.3 is 0 Å². The van der Waals surface area contributed by atoms with Crippen LogP contribution in [-0.2, 0) is 11.8 Å². The van der Waals surface area contributed by atoms with E-state index in [0.717, 1.165) is 9.79 Å². The van der Waals surface area contributed by atoms with Gasteiger partial charge in [-0.05, 0) is 84.4 Å². The first-order chi connectivity index (χ1) is 18.3. The van der Waals surface area contributed by atoms with E-state index in [4.69, 9.17) is 29.0 Å². The molecule has 38 heavy (non-hydrogen) atoms. The largest absolute Gasteiger partial charge is 0.338 e. The molecule has 0 amide bonds. The van der Waals surface area contributed by atoms with Gasteiger partial charge in [0, 0.05) is 18.1 Å². The second kappa shape index (κ2) is 19.3. The maximum Gasteiger partial charge on any atom is 0.230 e. The first kappa shape index (κ1) is 33.4. The predicted molar refractivity (Wildman–Crippen MR) is 170 cm³/mol. The Balaban J connectivity index is 0.000000199. The summed E-state index contributed by atoms with van der Waals surface area (Å²) in [4.78, 5) is 21.6. The third-order valence-corrected chi connectivity index (χ3v) is 13.7. The van der Waals surface area contributed by atoms with Gasteiger partial charge in [-0.3, -0.25) is 0 Å². The second-order valence-corrected chi connectivity index (χ2v) is 18.6. The standard InChI is InChI=1S/C12H13O2PS2.3C6H13N/c13-15(14,16)17(11-7-3-1-4-8-11)12-9-5-2-6-10-12;3*7-6-4-2-1-3-5-6/h1-10,17H,(H2,13,14,16);3*6H,1-5,7H2. The quantitative estimate of drug-likeness (QED) is 0.169. The van der Waals surface area contributed by atoms with Gasteiger partial charge in [0.05, 0.1) is 0 Å². The SMILES string of the molecule is NC1CCCCC1.NC1CCCCC1.NC1CCCCC1.OP(O)(=S)[SH](c1ccccc1)c1ccccc1. The number of hydrogen-bond acceptors (Lipinski definition) is 4. The van der Waals surface area contributed by atoms with E-state index in [9.17, 15) is 9.79 Å². The molecule has 5 nitrogen and oxygen atoms in total. The van der Waals surface area contributed by atoms with Crippen molar-refractivity contribution >= 4 is 28.0 Å². The van der Waals surface area contributed by atoms with Crippen LogP contribution in [0.4, 0.5) is 0 Å². The Morgan fingerprint density at radius 2 is 0.789 bits per heavy atom. The molecule has 8 heteroatoms. The fourth-order valence-corrected chi connectivity index (χ4v) is 11.1. The zero-order chi connectivity index (χ0) is 27.6. The maximum absolute atomic E-state index is 9.89. The molecule has 216 valence electrons. The highest BCUT2D eigenvalue weighted by molar-refractivity contribution is 8.75. The molecule has 2 aromatic carbocycles. The third kappa shape index (κ3) is 14.6. The average Bonchev–Trinajstić information content (AvgIpc) is 2.92. The Morgan fingerprint density at radius 3 is 0.974 bits per heavy atom. The summed E-state index contributed by atoms with van der Waals surface area (Å²) in [5.41, 5.74) is 13.6. The van der Waals surface area contributed by atoms with Crippen LogP contribution < -0.4 is 17.2 Å². The summed E-state index contributed by atoms with van der Waals surface area (Å²) in [5, 5.41) is 0. The molecule has 5 rings (SSSR count). The number of benzene rings is 2. The minimum atomic E-state index is -3.32. The highest BCUT2D eigenvalue weighted by Crippen LogP contribution is 2.71. The third-order valence-electron chi connectivity index (χ3n) is 7.21. The Hall–Kier alpha value is -0.760. The lowest BCUT2D eigenvalue weighted by Gasteiger charge is -2.26. The molecule has 0 unspecified atom stereocenters. The van der Waals surface area contributed by atoms with Crippen molar-refractivity contribution in [2.45, 2.75) is 124 Å². The molecule has 0 atom stereocenters. The lowest BCUT2D eigenvalue weighted by Crippen LogP contribution is -2.22. The Labute approximate surface area is 239 Å². The number of thiol groups is 1. The number of nitrogens with two attached hydrogens (primary N) is 3. The molecule has 3 fully saturated rings. The van der Waals surface area contributed by atoms with E-state index in [1.165, 1.54) is 96.3 Å². The number of hydrogen-bond donors (Lipinski definition) is 6.